The first-order valence-electron chi connectivity index (χ1n) is 5.31. The summed E-state index contributed by atoms with van der Waals surface area (Å²) in [5.41, 5.74) is 0.647. The fraction of sp³-hybridized carbons (Fsp3) is 0.0769. The van der Waals surface area contributed by atoms with Gasteiger partial charge in [0.15, 0.2) is 5.69 Å². The highest BCUT2D eigenvalue weighted by Crippen LogP contribution is 2.19. The van der Waals surface area contributed by atoms with E-state index in [0.717, 1.165) is 0 Å². The Morgan fingerprint density at radius 3 is 2.47 bits per heavy atom. The lowest BCUT2D eigenvalue weighted by atomic mass is 10.2. The Morgan fingerprint density at radius 2 is 1.95 bits per heavy atom. The molecule has 2 rings (SSSR count). The molecule has 0 amide bonds. The minimum Gasteiger partial charge on any atom is -0.465 e. The van der Waals surface area contributed by atoms with E-state index in [0.29, 0.717) is 11.3 Å². The lowest BCUT2D eigenvalue weighted by Gasteiger charge is -2.04. The van der Waals surface area contributed by atoms with Gasteiger partial charge in [0.25, 0.3) is 0 Å². The number of hydrogen-bond acceptors (Lipinski definition) is 6. The number of hydrogen-bond donors (Lipinski definition) is 0. The van der Waals surface area contributed by atoms with Crippen LogP contribution >= 0.6 is 0 Å². The molecule has 1 heterocycles. The van der Waals surface area contributed by atoms with Crippen LogP contribution in [-0.2, 0) is 4.74 Å². The molecule has 0 aliphatic heterocycles. The second-order valence-electron chi connectivity index (χ2n) is 3.47. The zero-order valence-corrected chi connectivity index (χ0v) is 10.0. The maximum Gasteiger partial charge on any atom is 0.337 e. The van der Waals surface area contributed by atoms with Gasteiger partial charge in [0.1, 0.15) is 11.8 Å². The van der Waals surface area contributed by atoms with E-state index >= 15 is 0 Å². The zero-order valence-electron chi connectivity index (χ0n) is 10.0. The van der Waals surface area contributed by atoms with Gasteiger partial charge >= 0.3 is 5.97 Å². The normalized spacial score (nSPS) is 9.47. The van der Waals surface area contributed by atoms with Crippen molar-refractivity contribution in [3.63, 3.8) is 0 Å². The van der Waals surface area contributed by atoms with Crippen LogP contribution < -0.4 is 4.74 Å². The molecule has 0 aliphatic rings. The summed E-state index contributed by atoms with van der Waals surface area (Å²) in [5.74, 6) is 0.362. The van der Waals surface area contributed by atoms with Gasteiger partial charge in [-0.1, -0.05) is 0 Å². The smallest absolute Gasteiger partial charge is 0.337 e. The first-order chi connectivity index (χ1) is 9.22. The molecule has 0 saturated heterocycles. The number of benzene rings is 1. The molecule has 0 unspecified atom stereocenters. The highest BCUT2D eigenvalue weighted by atomic mass is 16.5. The fourth-order valence-electron chi connectivity index (χ4n) is 1.32. The number of ether oxygens (including phenoxy) is 2. The largest absolute Gasteiger partial charge is 0.465 e. The van der Waals surface area contributed by atoms with Gasteiger partial charge in [-0.2, -0.15) is 5.26 Å². The lowest BCUT2D eigenvalue weighted by Crippen LogP contribution is -2.00. The number of methoxy groups -OCH3 is 1. The van der Waals surface area contributed by atoms with Crippen molar-refractivity contribution >= 4 is 5.97 Å². The van der Waals surface area contributed by atoms with Crippen molar-refractivity contribution < 1.29 is 14.3 Å². The maximum absolute atomic E-state index is 11.2. The zero-order chi connectivity index (χ0) is 13.7. The fourth-order valence-corrected chi connectivity index (χ4v) is 1.32. The van der Waals surface area contributed by atoms with E-state index in [1.54, 1.807) is 24.3 Å². The Labute approximate surface area is 109 Å². The van der Waals surface area contributed by atoms with Crippen molar-refractivity contribution in [2.24, 2.45) is 0 Å². The highest BCUT2D eigenvalue weighted by Gasteiger charge is 2.05. The van der Waals surface area contributed by atoms with Gasteiger partial charge in [-0.15, -0.1) is 0 Å². The van der Waals surface area contributed by atoms with Crippen LogP contribution in [0.5, 0.6) is 11.6 Å². The Morgan fingerprint density at radius 1 is 1.21 bits per heavy atom. The Balaban J connectivity index is 2.10. The second kappa shape index (κ2) is 5.60. The van der Waals surface area contributed by atoms with E-state index in [-0.39, 0.29) is 11.6 Å². The van der Waals surface area contributed by atoms with E-state index in [1.807, 2.05) is 6.07 Å². The molecule has 0 saturated carbocycles. The van der Waals surface area contributed by atoms with Crippen molar-refractivity contribution in [3.05, 3.63) is 47.9 Å². The van der Waals surface area contributed by atoms with Gasteiger partial charge in [-0.3, -0.25) is 0 Å². The third-order valence-electron chi connectivity index (χ3n) is 2.24. The molecule has 2 aromatic rings. The second-order valence-corrected chi connectivity index (χ2v) is 3.47. The Bertz CT molecular complexity index is 615. The van der Waals surface area contributed by atoms with E-state index < -0.39 is 5.97 Å². The van der Waals surface area contributed by atoms with Crippen molar-refractivity contribution in [2.75, 3.05) is 7.11 Å². The average Bonchev–Trinajstić information content (AvgIpc) is 2.48. The van der Waals surface area contributed by atoms with Gasteiger partial charge in [-0.25, -0.2) is 14.8 Å². The van der Waals surface area contributed by atoms with Crippen LogP contribution in [0, 0.1) is 11.3 Å². The number of esters is 1. The number of carbonyl (C=O) groups excluding carboxylic acids is 1. The number of aromatic nitrogens is 2. The van der Waals surface area contributed by atoms with Crippen LogP contribution in [0.1, 0.15) is 16.1 Å². The molecule has 19 heavy (non-hydrogen) atoms. The summed E-state index contributed by atoms with van der Waals surface area (Å²) >= 11 is 0. The summed E-state index contributed by atoms with van der Waals surface area (Å²) in [7, 11) is 1.32. The number of carbonyl (C=O) groups is 1. The van der Waals surface area contributed by atoms with Crippen LogP contribution in [0.15, 0.2) is 36.7 Å². The quantitative estimate of drug-likeness (QED) is 0.779. The topological polar surface area (TPSA) is 85.1 Å². The van der Waals surface area contributed by atoms with E-state index in [9.17, 15) is 4.79 Å². The van der Waals surface area contributed by atoms with E-state index in [1.165, 1.54) is 19.5 Å². The standard InChI is InChI=1S/C13H9N3O3/c1-18-13(17)9-2-4-11(5-3-9)19-12-8-15-10(6-14)7-16-12/h2-5,7-8H,1H3. The number of rotatable bonds is 3. The van der Waals surface area contributed by atoms with Crippen molar-refractivity contribution in [1.29, 1.82) is 5.26 Å². The first kappa shape index (κ1) is 12.5. The van der Waals surface area contributed by atoms with Crippen molar-refractivity contribution in [3.8, 4) is 17.7 Å². The molecule has 6 heteroatoms. The maximum atomic E-state index is 11.2. The molecule has 94 valence electrons. The van der Waals surface area contributed by atoms with Gasteiger partial charge in [0.2, 0.25) is 5.88 Å². The van der Waals surface area contributed by atoms with Crippen LogP contribution in [-0.4, -0.2) is 23.0 Å². The van der Waals surface area contributed by atoms with Crippen molar-refractivity contribution in [2.45, 2.75) is 0 Å². The summed E-state index contributed by atoms with van der Waals surface area (Å²) in [4.78, 5) is 19.0. The minimum atomic E-state index is -0.412. The molecule has 0 spiro atoms. The van der Waals surface area contributed by atoms with Crippen molar-refractivity contribution in [1.82, 2.24) is 9.97 Å². The molecule has 0 aliphatic carbocycles. The molecular formula is C13H9N3O3. The number of nitriles is 1. The van der Waals surface area contributed by atoms with Crippen LogP contribution in [0.4, 0.5) is 0 Å². The monoisotopic (exact) mass is 255 g/mol. The molecule has 0 N–H and O–H groups in total. The molecule has 1 aromatic heterocycles. The molecule has 0 atom stereocenters. The van der Waals surface area contributed by atoms with E-state index in [4.69, 9.17) is 10.00 Å². The lowest BCUT2D eigenvalue weighted by molar-refractivity contribution is 0.0600. The minimum absolute atomic E-state index is 0.216. The molecule has 0 fully saturated rings. The molecule has 1 aromatic carbocycles. The van der Waals surface area contributed by atoms with Crippen LogP contribution in [0.25, 0.3) is 0 Å². The summed E-state index contributed by atoms with van der Waals surface area (Å²) in [6.07, 6.45) is 2.67. The predicted octanol–water partition coefficient (Wildman–Crippen LogP) is 1.93. The summed E-state index contributed by atoms with van der Waals surface area (Å²) < 4.78 is 10.00. The molecule has 0 radical (unpaired) electrons. The number of nitrogens with zero attached hydrogens (tertiary/aromatic N) is 3. The summed E-state index contributed by atoms with van der Waals surface area (Å²) in [6.45, 7) is 0. The third kappa shape index (κ3) is 3.04. The molecule has 6 nitrogen and oxygen atoms in total. The molecule has 0 bridgehead atoms. The van der Waals surface area contributed by atoms with Gasteiger partial charge in [-0.05, 0) is 24.3 Å². The van der Waals surface area contributed by atoms with E-state index in [2.05, 4.69) is 14.7 Å². The third-order valence-corrected chi connectivity index (χ3v) is 2.24. The molecular weight excluding hydrogens is 246 g/mol. The summed E-state index contributed by atoms with van der Waals surface area (Å²) in [6, 6.07) is 8.26. The van der Waals surface area contributed by atoms with Crippen LogP contribution in [0.2, 0.25) is 0 Å². The SMILES string of the molecule is COC(=O)c1ccc(Oc2cnc(C#N)cn2)cc1. The summed E-state index contributed by atoms with van der Waals surface area (Å²) in [5, 5.41) is 8.59. The Hall–Kier alpha value is -2.94. The predicted molar refractivity (Wildman–Crippen MR) is 64.6 cm³/mol. The first-order valence-corrected chi connectivity index (χ1v) is 5.31. The van der Waals surface area contributed by atoms with Gasteiger partial charge in [0, 0.05) is 0 Å². The van der Waals surface area contributed by atoms with Gasteiger partial charge < -0.3 is 9.47 Å². The van der Waals surface area contributed by atoms with Gasteiger partial charge in [0.05, 0.1) is 25.1 Å². The Kier molecular flexibility index (Phi) is 3.69. The average molecular weight is 255 g/mol. The van der Waals surface area contributed by atoms with Crippen LogP contribution in [0.3, 0.4) is 0 Å². The highest BCUT2D eigenvalue weighted by molar-refractivity contribution is 5.89.